The highest BCUT2D eigenvalue weighted by molar-refractivity contribution is 6.36. The van der Waals surface area contributed by atoms with E-state index in [1.165, 1.54) is 5.56 Å². The van der Waals surface area contributed by atoms with Gasteiger partial charge in [-0.15, -0.1) is 0 Å². The van der Waals surface area contributed by atoms with E-state index >= 15 is 0 Å². The monoisotopic (exact) mass is 529 g/mol. The number of alkyl halides is 3. The molecule has 2 heterocycles. The quantitative estimate of drug-likeness (QED) is 0.489. The highest BCUT2D eigenvalue weighted by Gasteiger charge is 2.38. The molecule has 2 aromatic carbocycles. The lowest BCUT2D eigenvalue weighted by molar-refractivity contribution is -0.192. The SMILES string of the molecule is O=C(NCC1OCCc2cn(Cc3ccccc3)nc21)c1ccc(Cl)cc1Cl.O=C(O)C(F)(F)F. The van der Waals surface area contributed by atoms with Gasteiger partial charge in [0.1, 0.15) is 6.10 Å². The Morgan fingerprint density at radius 2 is 1.86 bits per heavy atom. The number of carbonyl (C=O) groups is 2. The number of hydrogen-bond donors (Lipinski definition) is 2. The van der Waals surface area contributed by atoms with Crippen molar-refractivity contribution < 1.29 is 32.6 Å². The molecule has 0 radical (unpaired) electrons. The van der Waals surface area contributed by atoms with Crippen LogP contribution in [0.5, 0.6) is 0 Å². The van der Waals surface area contributed by atoms with Crippen LogP contribution in [0.2, 0.25) is 10.0 Å². The predicted octanol–water partition coefficient (Wildman–Crippen LogP) is 4.92. The third-order valence-electron chi connectivity index (χ3n) is 4.92. The number of aliphatic carboxylic acids is 1. The number of nitrogens with zero attached hydrogens (tertiary/aromatic N) is 2. The fraction of sp³-hybridized carbons (Fsp3) is 0.261. The second-order valence-corrected chi connectivity index (χ2v) is 8.31. The number of carbonyl (C=O) groups excluding carboxylic acids is 1. The second-order valence-electron chi connectivity index (χ2n) is 7.47. The molecular weight excluding hydrogens is 510 g/mol. The first-order valence-corrected chi connectivity index (χ1v) is 11.1. The Hall–Kier alpha value is -3.08. The fourth-order valence-electron chi connectivity index (χ4n) is 3.29. The predicted molar refractivity (Wildman–Crippen MR) is 123 cm³/mol. The van der Waals surface area contributed by atoms with Gasteiger partial charge in [0.05, 0.1) is 29.4 Å². The van der Waals surface area contributed by atoms with Gasteiger partial charge in [-0.05, 0) is 35.7 Å². The molecule has 3 aromatic rings. The lowest BCUT2D eigenvalue weighted by atomic mass is 10.1. The molecule has 0 saturated heterocycles. The average Bonchev–Trinajstić information content (AvgIpc) is 3.21. The lowest BCUT2D eigenvalue weighted by Crippen LogP contribution is -2.32. The van der Waals surface area contributed by atoms with Crippen LogP contribution in [0, 0.1) is 0 Å². The molecule has 0 aliphatic carbocycles. The molecule has 7 nitrogen and oxygen atoms in total. The summed E-state index contributed by atoms with van der Waals surface area (Å²) < 4.78 is 39.5. The van der Waals surface area contributed by atoms with Gasteiger partial charge in [-0.2, -0.15) is 18.3 Å². The Bertz CT molecular complexity index is 1190. The van der Waals surface area contributed by atoms with Crippen LogP contribution in [0.3, 0.4) is 0 Å². The van der Waals surface area contributed by atoms with Crippen molar-refractivity contribution in [1.82, 2.24) is 15.1 Å². The van der Waals surface area contributed by atoms with Crippen LogP contribution in [0.1, 0.15) is 33.3 Å². The first-order chi connectivity index (χ1) is 16.5. The van der Waals surface area contributed by atoms with Crippen molar-refractivity contribution in [2.75, 3.05) is 13.2 Å². The summed E-state index contributed by atoms with van der Waals surface area (Å²) in [6.07, 6.45) is -2.48. The summed E-state index contributed by atoms with van der Waals surface area (Å²) >= 11 is 12.0. The first-order valence-electron chi connectivity index (χ1n) is 10.3. The molecule has 1 aliphatic heterocycles. The van der Waals surface area contributed by atoms with Crippen molar-refractivity contribution in [2.45, 2.75) is 25.2 Å². The van der Waals surface area contributed by atoms with Gasteiger partial charge in [-0.3, -0.25) is 9.48 Å². The zero-order valence-corrected chi connectivity index (χ0v) is 19.6. The number of benzene rings is 2. The van der Waals surface area contributed by atoms with Crippen molar-refractivity contribution in [3.05, 3.63) is 87.2 Å². The number of carboxylic acid groups (broad SMARTS) is 1. The van der Waals surface area contributed by atoms with Crippen LogP contribution in [-0.4, -0.2) is 46.1 Å². The van der Waals surface area contributed by atoms with E-state index in [1.807, 2.05) is 22.9 Å². The Labute approximate surface area is 208 Å². The highest BCUT2D eigenvalue weighted by Crippen LogP contribution is 2.26. The minimum absolute atomic E-state index is 0.263. The molecule has 1 atom stereocenters. The molecule has 4 rings (SSSR count). The van der Waals surface area contributed by atoms with E-state index in [0.717, 1.165) is 17.7 Å². The van der Waals surface area contributed by atoms with Crippen LogP contribution < -0.4 is 5.32 Å². The third kappa shape index (κ3) is 7.45. The molecule has 12 heteroatoms. The largest absolute Gasteiger partial charge is 0.490 e. The molecule has 1 amide bonds. The standard InChI is InChI=1S/C21H19Cl2N3O2.C2HF3O2/c22-16-6-7-17(18(23)10-16)21(27)24-11-19-20-15(8-9-28-19)13-26(25-20)12-14-4-2-1-3-5-14;3-2(4,5)1(6)7/h1-7,10,13,19H,8-9,11-12H2,(H,24,27);(H,6,7). The molecule has 1 unspecified atom stereocenters. The second kappa shape index (κ2) is 11.6. The number of fused-ring (bicyclic) bond motifs is 1. The van der Waals surface area contributed by atoms with Gasteiger partial charge in [-0.1, -0.05) is 53.5 Å². The van der Waals surface area contributed by atoms with Crippen LogP contribution in [0.4, 0.5) is 13.2 Å². The minimum Gasteiger partial charge on any atom is -0.475 e. The van der Waals surface area contributed by atoms with E-state index in [9.17, 15) is 18.0 Å². The van der Waals surface area contributed by atoms with Gasteiger partial charge in [0, 0.05) is 17.8 Å². The van der Waals surface area contributed by atoms with Gasteiger partial charge in [0.2, 0.25) is 0 Å². The molecular formula is C23H20Cl2F3N3O4. The van der Waals surface area contributed by atoms with Crippen molar-refractivity contribution >= 4 is 35.1 Å². The summed E-state index contributed by atoms with van der Waals surface area (Å²) in [5.41, 5.74) is 3.61. The number of rotatable bonds is 5. The van der Waals surface area contributed by atoms with Gasteiger partial charge in [0.25, 0.3) is 5.91 Å². The molecule has 1 aliphatic rings. The number of aromatic nitrogens is 2. The number of ether oxygens (including phenoxy) is 1. The van der Waals surface area contributed by atoms with Gasteiger partial charge in [-0.25, -0.2) is 4.79 Å². The van der Waals surface area contributed by atoms with Gasteiger partial charge >= 0.3 is 12.1 Å². The number of halogens is 5. The first kappa shape index (κ1) is 26.5. The smallest absolute Gasteiger partial charge is 0.475 e. The van der Waals surface area contributed by atoms with E-state index in [4.69, 9.17) is 42.9 Å². The molecule has 1 aromatic heterocycles. The van der Waals surface area contributed by atoms with Crippen LogP contribution in [-0.2, 0) is 22.5 Å². The van der Waals surface area contributed by atoms with E-state index in [2.05, 4.69) is 23.6 Å². The zero-order chi connectivity index (χ0) is 25.6. The van der Waals surface area contributed by atoms with Crippen molar-refractivity contribution in [3.8, 4) is 0 Å². The Balaban J connectivity index is 0.000000429. The molecule has 0 bridgehead atoms. The van der Waals surface area contributed by atoms with Crippen LogP contribution >= 0.6 is 23.2 Å². The Kier molecular flexibility index (Phi) is 8.76. The lowest BCUT2D eigenvalue weighted by Gasteiger charge is -2.22. The van der Waals surface area contributed by atoms with E-state index in [1.54, 1.807) is 18.2 Å². The molecule has 35 heavy (non-hydrogen) atoms. The Morgan fingerprint density at radius 1 is 1.17 bits per heavy atom. The molecule has 0 fully saturated rings. The maximum atomic E-state index is 12.5. The fourth-order valence-corrected chi connectivity index (χ4v) is 3.79. The molecule has 2 N–H and O–H groups in total. The van der Waals surface area contributed by atoms with Gasteiger partial charge in [0.15, 0.2) is 0 Å². The summed E-state index contributed by atoms with van der Waals surface area (Å²) in [5.74, 6) is -3.02. The van der Waals surface area contributed by atoms with Gasteiger partial charge < -0.3 is 15.2 Å². The number of hydrogen-bond acceptors (Lipinski definition) is 4. The van der Waals surface area contributed by atoms with Crippen LogP contribution in [0.15, 0.2) is 54.7 Å². The van der Waals surface area contributed by atoms with Crippen molar-refractivity contribution in [3.63, 3.8) is 0 Å². The maximum absolute atomic E-state index is 12.5. The normalized spacial score (nSPS) is 14.9. The number of amides is 1. The number of nitrogens with one attached hydrogen (secondary N) is 1. The third-order valence-corrected chi connectivity index (χ3v) is 5.47. The average molecular weight is 530 g/mol. The summed E-state index contributed by atoms with van der Waals surface area (Å²) in [5, 5.41) is 15.5. The summed E-state index contributed by atoms with van der Waals surface area (Å²) in [6.45, 7) is 1.63. The van der Waals surface area contributed by atoms with E-state index < -0.39 is 12.1 Å². The van der Waals surface area contributed by atoms with E-state index in [-0.39, 0.29) is 12.0 Å². The molecule has 186 valence electrons. The summed E-state index contributed by atoms with van der Waals surface area (Å²) in [4.78, 5) is 21.4. The highest BCUT2D eigenvalue weighted by atomic mass is 35.5. The summed E-state index contributed by atoms with van der Waals surface area (Å²) in [6, 6.07) is 15.0. The topological polar surface area (TPSA) is 93.5 Å². The number of carboxylic acids is 1. The van der Waals surface area contributed by atoms with Crippen LogP contribution in [0.25, 0.3) is 0 Å². The van der Waals surface area contributed by atoms with E-state index in [0.29, 0.717) is 35.3 Å². The maximum Gasteiger partial charge on any atom is 0.490 e. The zero-order valence-electron chi connectivity index (χ0n) is 18.1. The van der Waals surface area contributed by atoms with Crippen molar-refractivity contribution in [2.24, 2.45) is 0 Å². The molecule has 0 saturated carbocycles. The molecule has 0 spiro atoms. The van der Waals surface area contributed by atoms with Crippen molar-refractivity contribution in [1.29, 1.82) is 0 Å². The summed E-state index contributed by atoms with van der Waals surface area (Å²) in [7, 11) is 0. The minimum atomic E-state index is -5.08. The Morgan fingerprint density at radius 3 is 2.49 bits per heavy atom.